The molecule has 0 aliphatic carbocycles. The van der Waals surface area contributed by atoms with Crippen molar-refractivity contribution in [2.75, 3.05) is 13.7 Å². The van der Waals surface area contributed by atoms with Crippen molar-refractivity contribution in [1.82, 2.24) is 9.66 Å². The van der Waals surface area contributed by atoms with Gasteiger partial charge < -0.3 is 13.9 Å². The molecule has 0 fully saturated rings. The normalized spacial score (nSPS) is 11.4. The molecule has 36 heavy (non-hydrogen) atoms. The van der Waals surface area contributed by atoms with Gasteiger partial charge in [-0.1, -0.05) is 36.4 Å². The highest BCUT2D eigenvalue weighted by atomic mass is 16.5. The molecule has 5 aromatic rings. The van der Waals surface area contributed by atoms with Gasteiger partial charge in [0, 0.05) is 10.9 Å². The number of rotatable bonds is 8. The van der Waals surface area contributed by atoms with E-state index in [1.807, 2.05) is 55.5 Å². The molecule has 0 saturated carbocycles. The van der Waals surface area contributed by atoms with Crippen LogP contribution in [-0.2, 0) is 6.42 Å². The Morgan fingerprint density at radius 3 is 2.69 bits per heavy atom. The Morgan fingerprint density at radius 1 is 1.11 bits per heavy atom. The van der Waals surface area contributed by atoms with Crippen LogP contribution >= 0.6 is 0 Å². The molecule has 180 valence electrons. The second-order valence-electron chi connectivity index (χ2n) is 8.10. The van der Waals surface area contributed by atoms with Crippen LogP contribution in [0.1, 0.15) is 18.1 Å². The van der Waals surface area contributed by atoms with Gasteiger partial charge in [0.15, 0.2) is 17.3 Å². The number of ether oxygens (including phenoxy) is 2. The number of aromatic nitrogens is 2. The average molecular weight is 480 g/mol. The highest BCUT2D eigenvalue weighted by molar-refractivity contribution is 5.85. The number of methoxy groups -OCH3 is 1. The van der Waals surface area contributed by atoms with Crippen molar-refractivity contribution >= 4 is 28.1 Å². The molecule has 0 aliphatic heterocycles. The third kappa shape index (κ3) is 4.27. The fraction of sp³-hybridized carbons (Fsp3) is 0.138. The van der Waals surface area contributed by atoms with E-state index in [4.69, 9.17) is 18.9 Å². The van der Waals surface area contributed by atoms with E-state index in [-0.39, 0.29) is 5.56 Å². The second kappa shape index (κ2) is 9.92. The first kappa shape index (κ1) is 23.1. The Bertz CT molecular complexity index is 1630. The molecule has 3 aromatic carbocycles. The van der Waals surface area contributed by atoms with E-state index >= 15 is 0 Å². The number of allylic oxidation sites excluding steroid dienone is 1. The molecular weight excluding hydrogens is 454 g/mol. The Balaban J connectivity index is 1.69. The van der Waals surface area contributed by atoms with E-state index in [0.717, 1.165) is 16.5 Å². The molecule has 0 bridgehead atoms. The first-order chi connectivity index (χ1) is 17.6. The zero-order valence-corrected chi connectivity index (χ0v) is 20.1. The first-order valence-corrected chi connectivity index (χ1v) is 11.6. The van der Waals surface area contributed by atoms with Crippen LogP contribution in [-0.4, -0.2) is 29.6 Å². The SMILES string of the molecule is C=CCc1cc(C=Nn2c(-c3cc4ccccc4o3)nc3ccccc3c2=O)cc(OCC)c1OC. The van der Waals surface area contributed by atoms with Crippen LogP contribution in [0.4, 0.5) is 0 Å². The van der Waals surface area contributed by atoms with Gasteiger partial charge in [0.2, 0.25) is 5.82 Å². The summed E-state index contributed by atoms with van der Waals surface area (Å²) in [6, 6.07) is 20.5. The number of benzene rings is 3. The maximum absolute atomic E-state index is 13.5. The van der Waals surface area contributed by atoms with Gasteiger partial charge in [0.1, 0.15) is 5.58 Å². The predicted octanol–water partition coefficient (Wildman–Crippen LogP) is 5.83. The zero-order chi connectivity index (χ0) is 25.1. The number of furan rings is 1. The van der Waals surface area contributed by atoms with E-state index in [0.29, 0.717) is 52.6 Å². The number of nitrogens with zero attached hydrogens (tertiary/aromatic N) is 3. The largest absolute Gasteiger partial charge is 0.493 e. The third-order valence-corrected chi connectivity index (χ3v) is 5.74. The molecule has 0 spiro atoms. The van der Waals surface area contributed by atoms with Gasteiger partial charge in [0.25, 0.3) is 5.56 Å². The number of hydrogen-bond acceptors (Lipinski definition) is 6. The zero-order valence-electron chi connectivity index (χ0n) is 20.1. The number of fused-ring (bicyclic) bond motifs is 2. The molecular formula is C29H25N3O4. The molecule has 2 aromatic heterocycles. The summed E-state index contributed by atoms with van der Waals surface area (Å²) in [7, 11) is 1.61. The summed E-state index contributed by atoms with van der Waals surface area (Å²) in [6.45, 7) is 6.23. The number of para-hydroxylation sites is 2. The van der Waals surface area contributed by atoms with Crippen LogP contribution in [0.15, 0.2) is 93.7 Å². The molecule has 0 N–H and O–H groups in total. The summed E-state index contributed by atoms with van der Waals surface area (Å²) in [6.07, 6.45) is 4.00. The fourth-order valence-electron chi connectivity index (χ4n) is 4.17. The van der Waals surface area contributed by atoms with Crippen LogP contribution in [0.2, 0.25) is 0 Å². The summed E-state index contributed by atoms with van der Waals surface area (Å²) in [5.41, 5.74) is 2.63. The molecule has 2 heterocycles. The van der Waals surface area contributed by atoms with Crippen molar-refractivity contribution in [2.24, 2.45) is 5.10 Å². The van der Waals surface area contributed by atoms with E-state index in [1.165, 1.54) is 4.68 Å². The van der Waals surface area contributed by atoms with Crippen molar-refractivity contribution in [1.29, 1.82) is 0 Å². The maximum Gasteiger partial charge on any atom is 0.282 e. The van der Waals surface area contributed by atoms with Gasteiger partial charge >= 0.3 is 0 Å². The summed E-state index contributed by atoms with van der Waals surface area (Å²) in [5, 5.41) is 5.94. The summed E-state index contributed by atoms with van der Waals surface area (Å²) < 4.78 is 18.7. The summed E-state index contributed by atoms with van der Waals surface area (Å²) in [4.78, 5) is 18.2. The Hall–Kier alpha value is -4.65. The van der Waals surface area contributed by atoms with Crippen LogP contribution in [0, 0.1) is 0 Å². The Morgan fingerprint density at radius 2 is 1.92 bits per heavy atom. The first-order valence-electron chi connectivity index (χ1n) is 11.6. The lowest BCUT2D eigenvalue weighted by molar-refractivity contribution is 0.309. The third-order valence-electron chi connectivity index (χ3n) is 5.74. The van der Waals surface area contributed by atoms with E-state index < -0.39 is 0 Å². The quantitative estimate of drug-likeness (QED) is 0.207. The van der Waals surface area contributed by atoms with Crippen LogP contribution in [0.3, 0.4) is 0 Å². The predicted molar refractivity (Wildman–Crippen MR) is 142 cm³/mol. The molecule has 0 aliphatic rings. The van der Waals surface area contributed by atoms with Crippen molar-refractivity contribution in [3.63, 3.8) is 0 Å². The highest BCUT2D eigenvalue weighted by Crippen LogP contribution is 2.33. The molecule has 0 saturated heterocycles. The van der Waals surface area contributed by atoms with E-state index in [9.17, 15) is 4.79 Å². The topological polar surface area (TPSA) is 78.9 Å². The Labute approximate surface area is 207 Å². The molecule has 0 atom stereocenters. The lowest BCUT2D eigenvalue weighted by Gasteiger charge is -2.14. The minimum Gasteiger partial charge on any atom is -0.493 e. The average Bonchev–Trinajstić information content (AvgIpc) is 3.33. The number of hydrogen-bond donors (Lipinski definition) is 0. The minimum absolute atomic E-state index is 0.294. The summed E-state index contributed by atoms with van der Waals surface area (Å²) >= 11 is 0. The van der Waals surface area contributed by atoms with Gasteiger partial charge in [-0.2, -0.15) is 9.78 Å². The van der Waals surface area contributed by atoms with Gasteiger partial charge in [0.05, 0.1) is 30.8 Å². The van der Waals surface area contributed by atoms with Gasteiger partial charge in [-0.05, 0) is 55.3 Å². The van der Waals surface area contributed by atoms with Crippen molar-refractivity contribution in [3.05, 3.63) is 101 Å². The molecule has 7 heteroatoms. The van der Waals surface area contributed by atoms with Crippen LogP contribution < -0.4 is 15.0 Å². The maximum atomic E-state index is 13.5. The summed E-state index contributed by atoms with van der Waals surface area (Å²) in [5.74, 6) is 2.02. The van der Waals surface area contributed by atoms with Crippen LogP contribution in [0.5, 0.6) is 11.5 Å². The lowest BCUT2D eigenvalue weighted by Crippen LogP contribution is -2.20. The van der Waals surface area contributed by atoms with Crippen molar-refractivity contribution < 1.29 is 13.9 Å². The Kier molecular flexibility index (Phi) is 6.36. The molecule has 0 unspecified atom stereocenters. The highest BCUT2D eigenvalue weighted by Gasteiger charge is 2.17. The monoisotopic (exact) mass is 479 g/mol. The molecule has 0 amide bonds. The van der Waals surface area contributed by atoms with E-state index in [2.05, 4.69) is 11.7 Å². The smallest absolute Gasteiger partial charge is 0.282 e. The minimum atomic E-state index is -0.294. The van der Waals surface area contributed by atoms with Crippen LogP contribution in [0.25, 0.3) is 33.5 Å². The van der Waals surface area contributed by atoms with Gasteiger partial charge in [-0.25, -0.2) is 4.98 Å². The van der Waals surface area contributed by atoms with E-state index in [1.54, 1.807) is 37.6 Å². The lowest BCUT2D eigenvalue weighted by atomic mass is 10.1. The second-order valence-corrected chi connectivity index (χ2v) is 8.10. The van der Waals surface area contributed by atoms with Crippen molar-refractivity contribution in [2.45, 2.75) is 13.3 Å². The fourth-order valence-corrected chi connectivity index (χ4v) is 4.17. The molecule has 7 nitrogen and oxygen atoms in total. The standard InChI is InChI=1S/C29H25N3O4/c1-4-10-21-15-19(16-25(35-5-2)27(21)34-3)18-30-32-28(26-17-20-11-6-9-14-24(20)36-26)31-23-13-8-7-12-22(23)29(32)33/h4,6-9,11-18H,1,5,10H2,2-3H3. The van der Waals surface area contributed by atoms with Gasteiger partial charge in [-0.3, -0.25) is 4.79 Å². The molecule has 5 rings (SSSR count). The van der Waals surface area contributed by atoms with Gasteiger partial charge in [-0.15, -0.1) is 6.58 Å². The van der Waals surface area contributed by atoms with Crippen molar-refractivity contribution in [3.8, 4) is 23.1 Å². The molecule has 0 radical (unpaired) electrons.